The zero-order valence-electron chi connectivity index (χ0n) is 16.6. The molecule has 150 valence electrons. The summed E-state index contributed by atoms with van der Waals surface area (Å²) in [5.74, 6) is -0.598. The fraction of sp³-hybridized carbons (Fsp3) is 0.750. The van der Waals surface area contributed by atoms with E-state index in [0.717, 1.165) is 25.7 Å². The number of methoxy groups -OCH3 is 1. The Balaban J connectivity index is 0.00000194. The normalized spacial score (nSPS) is 24.2. The standard InChI is InChI=1S/C17H30O6.C3H4/c1-5-8-10-13(18)22-15-12(7-3)21-17(20-4)16(15)23-14(19)11-9-6-2;1-3-2/h12,15-17H,5-11H2,1-4H3;1-2H2. The second-order valence-electron chi connectivity index (χ2n) is 6.05. The van der Waals surface area contributed by atoms with Crippen molar-refractivity contribution in [3.63, 3.8) is 0 Å². The molecule has 0 aliphatic carbocycles. The summed E-state index contributed by atoms with van der Waals surface area (Å²) < 4.78 is 22.0. The minimum absolute atomic E-state index is 0.287. The van der Waals surface area contributed by atoms with Crippen molar-refractivity contribution in [1.29, 1.82) is 0 Å². The molecule has 0 aromatic carbocycles. The van der Waals surface area contributed by atoms with Gasteiger partial charge in [-0.1, -0.05) is 46.8 Å². The van der Waals surface area contributed by atoms with E-state index in [1.807, 2.05) is 20.8 Å². The number of carbonyl (C=O) groups is 2. The predicted octanol–water partition coefficient (Wildman–Crippen LogP) is 3.93. The smallest absolute Gasteiger partial charge is 0.306 e. The van der Waals surface area contributed by atoms with Crippen molar-refractivity contribution in [3.05, 3.63) is 18.9 Å². The number of carbonyl (C=O) groups excluding carboxylic acids is 2. The molecule has 0 radical (unpaired) electrons. The minimum atomic E-state index is -0.708. The van der Waals surface area contributed by atoms with Gasteiger partial charge in [0.25, 0.3) is 0 Å². The molecule has 4 atom stereocenters. The minimum Gasteiger partial charge on any atom is -0.455 e. The second-order valence-corrected chi connectivity index (χ2v) is 6.05. The molecule has 0 aromatic heterocycles. The maximum atomic E-state index is 12.0. The van der Waals surface area contributed by atoms with Crippen LogP contribution in [0.3, 0.4) is 0 Å². The third kappa shape index (κ3) is 8.65. The Kier molecular flexibility index (Phi) is 13.6. The van der Waals surface area contributed by atoms with Crippen LogP contribution in [-0.4, -0.2) is 43.7 Å². The van der Waals surface area contributed by atoms with Crippen LogP contribution in [-0.2, 0) is 28.5 Å². The largest absolute Gasteiger partial charge is 0.455 e. The van der Waals surface area contributed by atoms with Crippen LogP contribution in [0.1, 0.15) is 65.7 Å². The Morgan fingerprint density at radius 1 is 0.962 bits per heavy atom. The number of unbranched alkanes of at least 4 members (excludes halogenated alkanes) is 2. The molecule has 0 N–H and O–H groups in total. The molecule has 0 aromatic rings. The molecule has 0 saturated carbocycles. The lowest BCUT2D eigenvalue weighted by Crippen LogP contribution is -2.40. The number of rotatable bonds is 10. The van der Waals surface area contributed by atoms with Gasteiger partial charge in [-0.2, -0.15) is 0 Å². The summed E-state index contributed by atoms with van der Waals surface area (Å²) in [7, 11) is 1.49. The molecule has 0 spiro atoms. The highest BCUT2D eigenvalue weighted by molar-refractivity contribution is 5.70. The first-order chi connectivity index (χ1) is 12.5. The summed E-state index contributed by atoms with van der Waals surface area (Å²) in [4.78, 5) is 23.9. The molecule has 4 unspecified atom stereocenters. The molecule has 1 heterocycles. The number of hydrogen-bond donors (Lipinski definition) is 0. The third-order valence-electron chi connectivity index (χ3n) is 3.91. The first-order valence-corrected chi connectivity index (χ1v) is 9.35. The van der Waals surface area contributed by atoms with E-state index in [1.54, 1.807) is 0 Å². The van der Waals surface area contributed by atoms with E-state index in [1.165, 1.54) is 7.11 Å². The van der Waals surface area contributed by atoms with Crippen LogP contribution in [0.25, 0.3) is 0 Å². The van der Waals surface area contributed by atoms with Crippen LogP contribution in [0.5, 0.6) is 0 Å². The summed E-state index contributed by atoms with van der Waals surface area (Å²) in [5, 5.41) is 0. The van der Waals surface area contributed by atoms with Gasteiger partial charge >= 0.3 is 11.9 Å². The Hall–Kier alpha value is -1.62. The van der Waals surface area contributed by atoms with Crippen molar-refractivity contribution in [3.8, 4) is 0 Å². The first kappa shape index (κ1) is 24.4. The summed E-state index contributed by atoms with van der Waals surface area (Å²) in [5.41, 5.74) is 2.25. The predicted molar refractivity (Wildman–Crippen MR) is 99.5 cm³/mol. The van der Waals surface area contributed by atoms with Gasteiger partial charge in [-0.3, -0.25) is 9.59 Å². The van der Waals surface area contributed by atoms with E-state index >= 15 is 0 Å². The molecular weight excluding hydrogens is 336 g/mol. The Morgan fingerprint density at radius 3 is 1.81 bits per heavy atom. The Bertz CT molecular complexity index is 408. The van der Waals surface area contributed by atoms with Crippen molar-refractivity contribution >= 4 is 11.9 Å². The van der Waals surface area contributed by atoms with E-state index < -0.39 is 18.5 Å². The molecule has 26 heavy (non-hydrogen) atoms. The topological polar surface area (TPSA) is 71.1 Å². The molecule has 1 saturated heterocycles. The molecule has 1 rings (SSSR count). The van der Waals surface area contributed by atoms with Gasteiger partial charge in [0.15, 0.2) is 18.5 Å². The summed E-state index contributed by atoms with van der Waals surface area (Å²) in [6.07, 6.45) is 2.38. The van der Waals surface area contributed by atoms with Gasteiger partial charge in [-0.15, -0.1) is 5.73 Å². The highest BCUT2D eigenvalue weighted by Gasteiger charge is 2.49. The second kappa shape index (κ2) is 14.5. The van der Waals surface area contributed by atoms with Gasteiger partial charge in [0, 0.05) is 20.0 Å². The van der Waals surface area contributed by atoms with Gasteiger partial charge in [0.2, 0.25) is 0 Å². The summed E-state index contributed by atoms with van der Waals surface area (Å²) in [6, 6.07) is 0. The van der Waals surface area contributed by atoms with Gasteiger partial charge in [-0.25, -0.2) is 0 Å². The Labute approximate surface area is 157 Å². The van der Waals surface area contributed by atoms with E-state index in [9.17, 15) is 9.59 Å². The van der Waals surface area contributed by atoms with E-state index in [2.05, 4.69) is 18.9 Å². The van der Waals surface area contributed by atoms with Crippen molar-refractivity contribution < 1.29 is 28.5 Å². The molecular formula is C20H34O6. The fourth-order valence-corrected chi connectivity index (χ4v) is 2.54. The van der Waals surface area contributed by atoms with Gasteiger partial charge in [0.1, 0.15) is 6.10 Å². The van der Waals surface area contributed by atoms with Crippen LogP contribution in [0.4, 0.5) is 0 Å². The van der Waals surface area contributed by atoms with Gasteiger partial charge in [0.05, 0.1) is 0 Å². The molecule has 6 nitrogen and oxygen atoms in total. The molecule has 1 fully saturated rings. The van der Waals surface area contributed by atoms with Crippen LogP contribution in [0, 0.1) is 0 Å². The van der Waals surface area contributed by atoms with Crippen LogP contribution >= 0.6 is 0 Å². The lowest BCUT2D eigenvalue weighted by Gasteiger charge is -2.23. The zero-order chi connectivity index (χ0) is 19.9. The lowest BCUT2D eigenvalue weighted by atomic mass is 10.1. The average Bonchev–Trinajstić information content (AvgIpc) is 2.95. The molecule has 6 heteroatoms. The highest BCUT2D eigenvalue weighted by atomic mass is 16.7. The maximum absolute atomic E-state index is 12.0. The first-order valence-electron chi connectivity index (χ1n) is 9.35. The summed E-state index contributed by atoms with van der Waals surface area (Å²) >= 11 is 0. The average molecular weight is 370 g/mol. The Morgan fingerprint density at radius 2 is 1.42 bits per heavy atom. The molecule has 1 aliphatic heterocycles. The third-order valence-corrected chi connectivity index (χ3v) is 3.91. The quantitative estimate of drug-likeness (QED) is 0.429. The SMILES string of the molecule is C=C=C.CCCCC(=O)OC1C(CC)OC(OC)C1OC(=O)CCCC. The van der Waals surface area contributed by atoms with E-state index in [-0.39, 0.29) is 18.0 Å². The number of ether oxygens (including phenoxy) is 4. The number of hydrogen-bond acceptors (Lipinski definition) is 6. The fourth-order valence-electron chi connectivity index (χ4n) is 2.54. The highest BCUT2D eigenvalue weighted by Crippen LogP contribution is 2.30. The van der Waals surface area contributed by atoms with Crippen molar-refractivity contribution in [1.82, 2.24) is 0 Å². The van der Waals surface area contributed by atoms with Crippen molar-refractivity contribution in [2.75, 3.05) is 7.11 Å². The van der Waals surface area contributed by atoms with E-state index in [0.29, 0.717) is 19.3 Å². The van der Waals surface area contributed by atoms with Crippen molar-refractivity contribution in [2.45, 2.75) is 90.3 Å². The molecule has 0 amide bonds. The molecule has 0 bridgehead atoms. The van der Waals surface area contributed by atoms with Crippen LogP contribution in [0.2, 0.25) is 0 Å². The van der Waals surface area contributed by atoms with Crippen LogP contribution < -0.4 is 0 Å². The maximum Gasteiger partial charge on any atom is 0.306 e. The summed E-state index contributed by atoms with van der Waals surface area (Å²) in [6.45, 7) is 12.2. The van der Waals surface area contributed by atoms with E-state index in [4.69, 9.17) is 18.9 Å². The lowest BCUT2D eigenvalue weighted by molar-refractivity contribution is -0.182. The molecule has 1 aliphatic rings. The van der Waals surface area contributed by atoms with Crippen LogP contribution in [0.15, 0.2) is 18.9 Å². The van der Waals surface area contributed by atoms with Gasteiger partial charge < -0.3 is 18.9 Å². The van der Waals surface area contributed by atoms with Crippen molar-refractivity contribution in [2.24, 2.45) is 0 Å². The monoisotopic (exact) mass is 370 g/mol. The van der Waals surface area contributed by atoms with Gasteiger partial charge in [-0.05, 0) is 19.3 Å². The number of esters is 2. The zero-order valence-corrected chi connectivity index (χ0v) is 16.6.